The van der Waals surface area contributed by atoms with E-state index >= 15 is 0 Å². The smallest absolute Gasteiger partial charge is 0.406 e. The molecule has 1 spiro atoms. The van der Waals surface area contributed by atoms with Gasteiger partial charge in [-0.15, -0.1) is 13.2 Å². The summed E-state index contributed by atoms with van der Waals surface area (Å²) in [5, 5.41) is 3.72. The van der Waals surface area contributed by atoms with Crippen LogP contribution in [0.5, 0.6) is 5.75 Å². The van der Waals surface area contributed by atoms with E-state index in [1.54, 1.807) is 6.92 Å². The number of rotatable bonds is 3. The summed E-state index contributed by atoms with van der Waals surface area (Å²) in [6, 6.07) is 6.21. The van der Waals surface area contributed by atoms with Crippen molar-refractivity contribution in [3.8, 4) is 5.75 Å². The zero-order chi connectivity index (χ0) is 22.9. The fourth-order valence-corrected chi connectivity index (χ4v) is 3.65. The van der Waals surface area contributed by atoms with Crippen molar-refractivity contribution in [3.05, 3.63) is 47.3 Å². The summed E-state index contributed by atoms with van der Waals surface area (Å²) in [7, 11) is 0. The summed E-state index contributed by atoms with van der Waals surface area (Å²) < 4.78 is 57.5. The zero-order valence-corrected chi connectivity index (χ0v) is 17.1. The van der Waals surface area contributed by atoms with E-state index in [0.717, 1.165) is 12.1 Å². The van der Waals surface area contributed by atoms with Crippen molar-refractivity contribution in [1.29, 1.82) is 0 Å². The van der Waals surface area contributed by atoms with Gasteiger partial charge < -0.3 is 28.5 Å². The average Bonchev–Trinajstić information content (AvgIpc) is 3.18. The second kappa shape index (κ2) is 8.43. The third-order valence-corrected chi connectivity index (χ3v) is 5.06. The van der Waals surface area contributed by atoms with E-state index in [9.17, 15) is 22.8 Å². The highest BCUT2D eigenvalue weighted by Gasteiger charge is 2.45. The topological polar surface area (TPSA) is 94.3 Å². The van der Waals surface area contributed by atoms with Crippen LogP contribution in [0.3, 0.4) is 0 Å². The van der Waals surface area contributed by atoms with E-state index in [1.165, 1.54) is 28.0 Å². The number of carbonyl (C=O) groups is 2. The lowest BCUT2D eigenvalue weighted by molar-refractivity contribution is -0.282. The molecule has 2 aliphatic rings. The lowest BCUT2D eigenvalue weighted by Crippen LogP contribution is -2.63. The first kappa shape index (κ1) is 22.1. The molecular weight excluding hydrogens is 435 g/mol. The lowest BCUT2D eigenvalue weighted by Gasteiger charge is -2.47. The fourth-order valence-electron chi connectivity index (χ4n) is 3.65. The van der Waals surface area contributed by atoms with Gasteiger partial charge in [0, 0.05) is 24.7 Å². The SMILES string of the molecule is Cc1cc(C(=O)N2CCOC3(CN(C(=O)c4ccc(OC(F)(F)F)cc4)CCO3)C2)on1. The van der Waals surface area contributed by atoms with E-state index in [-0.39, 0.29) is 50.1 Å². The van der Waals surface area contributed by atoms with Gasteiger partial charge in [-0.2, -0.15) is 0 Å². The van der Waals surface area contributed by atoms with E-state index in [2.05, 4.69) is 9.89 Å². The Labute approximate surface area is 180 Å². The fraction of sp³-hybridized carbons (Fsp3) is 0.450. The Kier molecular flexibility index (Phi) is 5.82. The van der Waals surface area contributed by atoms with Crippen molar-refractivity contribution < 1.29 is 41.5 Å². The molecule has 2 fully saturated rings. The molecule has 32 heavy (non-hydrogen) atoms. The highest BCUT2D eigenvalue weighted by Crippen LogP contribution is 2.28. The number of hydrogen-bond acceptors (Lipinski definition) is 7. The molecular formula is C20H20F3N3O6. The number of benzene rings is 1. The monoisotopic (exact) mass is 455 g/mol. The second-order valence-electron chi connectivity index (χ2n) is 7.47. The van der Waals surface area contributed by atoms with Crippen LogP contribution in [0.4, 0.5) is 13.2 Å². The highest BCUT2D eigenvalue weighted by molar-refractivity contribution is 5.94. The Hall–Kier alpha value is -3.12. The molecule has 0 N–H and O–H groups in total. The normalized spacial score (nSPS) is 21.6. The molecule has 2 amide bonds. The molecule has 0 bridgehead atoms. The number of carbonyl (C=O) groups excluding carboxylic acids is 2. The van der Waals surface area contributed by atoms with E-state index in [0.29, 0.717) is 12.2 Å². The molecule has 1 unspecified atom stereocenters. The van der Waals surface area contributed by atoms with Crippen LogP contribution in [0, 0.1) is 6.92 Å². The van der Waals surface area contributed by atoms with E-state index < -0.39 is 23.8 Å². The number of nitrogens with zero attached hydrogens (tertiary/aromatic N) is 3. The minimum Gasteiger partial charge on any atom is -0.406 e. The summed E-state index contributed by atoms with van der Waals surface area (Å²) in [5.41, 5.74) is 0.770. The van der Waals surface area contributed by atoms with Crippen molar-refractivity contribution in [2.45, 2.75) is 19.1 Å². The average molecular weight is 455 g/mol. The molecule has 0 radical (unpaired) electrons. The number of ether oxygens (including phenoxy) is 3. The van der Waals surface area contributed by atoms with Crippen LogP contribution >= 0.6 is 0 Å². The summed E-state index contributed by atoms with van der Waals surface area (Å²) in [6.45, 7) is 2.78. The Morgan fingerprint density at radius 3 is 2.16 bits per heavy atom. The van der Waals surface area contributed by atoms with Gasteiger partial charge in [0.1, 0.15) is 5.75 Å². The molecule has 2 aromatic rings. The van der Waals surface area contributed by atoms with Gasteiger partial charge in [0.05, 0.1) is 32.0 Å². The molecule has 0 aliphatic carbocycles. The molecule has 1 aromatic heterocycles. The summed E-state index contributed by atoms with van der Waals surface area (Å²) >= 11 is 0. The summed E-state index contributed by atoms with van der Waals surface area (Å²) in [6.07, 6.45) is -4.81. The minimum absolute atomic E-state index is 0.0475. The zero-order valence-electron chi connectivity index (χ0n) is 17.1. The van der Waals surface area contributed by atoms with Crippen LogP contribution < -0.4 is 4.74 Å². The lowest BCUT2D eigenvalue weighted by atomic mass is 10.1. The third-order valence-electron chi connectivity index (χ3n) is 5.06. The molecule has 172 valence electrons. The highest BCUT2D eigenvalue weighted by atomic mass is 19.4. The maximum Gasteiger partial charge on any atom is 0.573 e. The number of halogens is 3. The van der Waals surface area contributed by atoms with Crippen molar-refractivity contribution >= 4 is 11.8 Å². The number of alkyl halides is 3. The van der Waals surface area contributed by atoms with Crippen molar-refractivity contribution in [3.63, 3.8) is 0 Å². The first-order chi connectivity index (χ1) is 15.1. The quantitative estimate of drug-likeness (QED) is 0.701. The van der Waals surface area contributed by atoms with Crippen LogP contribution in [0.2, 0.25) is 0 Å². The minimum atomic E-state index is -4.81. The molecule has 9 nitrogen and oxygen atoms in total. The number of aryl methyl sites for hydroxylation is 1. The predicted molar refractivity (Wildman–Crippen MR) is 101 cm³/mol. The number of amides is 2. The Balaban J connectivity index is 1.44. The number of hydrogen-bond donors (Lipinski definition) is 0. The second-order valence-corrected chi connectivity index (χ2v) is 7.47. The maximum absolute atomic E-state index is 12.9. The largest absolute Gasteiger partial charge is 0.573 e. The maximum atomic E-state index is 12.9. The van der Waals surface area contributed by atoms with Crippen molar-refractivity contribution in [1.82, 2.24) is 15.0 Å². The van der Waals surface area contributed by atoms with Crippen molar-refractivity contribution in [2.75, 3.05) is 39.4 Å². The van der Waals surface area contributed by atoms with Crippen LogP contribution in [0.15, 0.2) is 34.9 Å². The summed E-state index contributed by atoms with van der Waals surface area (Å²) in [5.74, 6) is -2.29. The van der Waals surface area contributed by atoms with Gasteiger partial charge in [-0.25, -0.2) is 0 Å². The van der Waals surface area contributed by atoms with Gasteiger partial charge in [-0.05, 0) is 31.2 Å². The first-order valence-electron chi connectivity index (χ1n) is 9.80. The number of aromatic nitrogens is 1. The summed E-state index contributed by atoms with van der Waals surface area (Å²) in [4.78, 5) is 28.6. The van der Waals surface area contributed by atoms with Crippen LogP contribution in [-0.4, -0.2) is 78.3 Å². The predicted octanol–water partition coefficient (Wildman–Crippen LogP) is 2.22. The van der Waals surface area contributed by atoms with E-state index in [1.807, 2.05) is 0 Å². The van der Waals surface area contributed by atoms with Crippen LogP contribution in [-0.2, 0) is 9.47 Å². The van der Waals surface area contributed by atoms with Crippen LogP contribution in [0.1, 0.15) is 26.6 Å². The molecule has 12 heteroatoms. The molecule has 4 rings (SSSR count). The van der Waals surface area contributed by atoms with Gasteiger partial charge in [0.25, 0.3) is 11.8 Å². The van der Waals surface area contributed by atoms with E-state index in [4.69, 9.17) is 14.0 Å². The third kappa shape index (κ3) is 4.86. The molecule has 0 saturated carbocycles. The van der Waals surface area contributed by atoms with Gasteiger partial charge in [-0.3, -0.25) is 9.59 Å². The molecule has 2 saturated heterocycles. The van der Waals surface area contributed by atoms with Gasteiger partial charge in [0.15, 0.2) is 0 Å². The first-order valence-corrected chi connectivity index (χ1v) is 9.80. The standard InChI is InChI=1S/C20H20F3N3O6/c1-13-10-16(32-24-13)18(28)26-7-9-30-19(12-26)11-25(6-8-29-19)17(27)14-2-4-15(5-3-14)31-20(21,22)23/h2-5,10H,6-9,11-12H2,1H3. The Morgan fingerprint density at radius 1 is 1.03 bits per heavy atom. The van der Waals surface area contributed by atoms with Crippen molar-refractivity contribution in [2.24, 2.45) is 0 Å². The van der Waals surface area contributed by atoms with Crippen LogP contribution in [0.25, 0.3) is 0 Å². The molecule has 1 aromatic carbocycles. The number of morpholine rings is 2. The van der Waals surface area contributed by atoms with Gasteiger partial charge in [-0.1, -0.05) is 5.16 Å². The van der Waals surface area contributed by atoms with Gasteiger partial charge >= 0.3 is 6.36 Å². The molecule has 1 atom stereocenters. The van der Waals surface area contributed by atoms with Gasteiger partial charge in [0.2, 0.25) is 11.5 Å². The Morgan fingerprint density at radius 2 is 1.62 bits per heavy atom. The molecule has 2 aliphatic heterocycles. The Bertz CT molecular complexity index is 989. The molecule has 3 heterocycles.